The number of rotatable bonds is 7. The molecule has 21 heavy (non-hydrogen) atoms. The third kappa shape index (κ3) is 4.77. The van der Waals surface area contributed by atoms with Crippen molar-refractivity contribution in [3.05, 3.63) is 30.3 Å². The fraction of sp³-hybridized carbons (Fsp3) is 0.500. The summed E-state index contributed by atoms with van der Waals surface area (Å²) in [7, 11) is 0. The van der Waals surface area contributed by atoms with Crippen LogP contribution in [0, 0.1) is 5.41 Å². The van der Waals surface area contributed by atoms with E-state index in [1.165, 1.54) is 0 Å². The first-order valence-corrected chi connectivity index (χ1v) is 7.32. The Morgan fingerprint density at radius 1 is 1.29 bits per heavy atom. The summed E-state index contributed by atoms with van der Waals surface area (Å²) in [6.07, 6.45) is 2.80. The minimum atomic E-state index is -0.839. The first-order chi connectivity index (χ1) is 10.0. The second kappa shape index (κ2) is 6.61. The fourth-order valence-corrected chi connectivity index (χ4v) is 2.12. The van der Waals surface area contributed by atoms with E-state index in [0.717, 1.165) is 18.5 Å². The maximum atomic E-state index is 12.4. The SMILES string of the molecule is CC1(CNC(=O)N(CCCC(=O)O)c2ccccc2)CC1. The van der Waals surface area contributed by atoms with E-state index in [1.807, 2.05) is 30.3 Å². The summed E-state index contributed by atoms with van der Waals surface area (Å²) in [5, 5.41) is 11.7. The molecular weight excluding hydrogens is 268 g/mol. The monoisotopic (exact) mass is 290 g/mol. The number of anilines is 1. The van der Waals surface area contributed by atoms with Crippen LogP contribution in [0.3, 0.4) is 0 Å². The number of nitrogens with one attached hydrogen (secondary N) is 1. The Morgan fingerprint density at radius 3 is 2.52 bits per heavy atom. The first kappa shape index (κ1) is 15.4. The molecule has 5 heteroatoms. The van der Waals surface area contributed by atoms with Crippen molar-refractivity contribution in [2.75, 3.05) is 18.0 Å². The minimum Gasteiger partial charge on any atom is -0.481 e. The van der Waals surface area contributed by atoms with Crippen molar-refractivity contribution >= 4 is 17.7 Å². The number of urea groups is 1. The average molecular weight is 290 g/mol. The smallest absolute Gasteiger partial charge is 0.321 e. The number of carboxylic acids is 1. The lowest BCUT2D eigenvalue weighted by atomic mass is 10.1. The van der Waals surface area contributed by atoms with Gasteiger partial charge in [-0.15, -0.1) is 0 Å². The summed E-state index contributed by atoms with van der Waals surface area (Å²) in [6, 6.07) is 9.20. The second-order valence-electron chi connectivity index (χ2n) is 5.95. The minimum absolute atomic E-state index is 0.0638. The predicted molar refractivity (Wildman–Crippen MR) is 81.4 cm³/mol. The van der Waals surface area contributed by atoms with Crippen LogP contribution >= 0.6 is 0 Å². The predicted octanol–water partition coefficient (Wildman–Crippen LogP) is 2.87. The number of carboxylic acid groups (broad SMARTS) is 1. The lowest BCUT2D eigenvalue weighted by Gasteiger charge is -2.24. The van der Waals surface area contributed by atoms with Gasteiger partial charge in [-0.3, -0.25) is 9.69 Å². The number of hydrogen-bond acceptors (Lipinski definition) is 2. The van der Waals surface area contributed by atoms with Gasteiger partial charge in [-0.1, -0.05) is 25.1 Å². The summed E-state index contributed by atoms with van der Waals surface area (Å²) in [4.78, 5) is 24.6. The number of carbonyl (C=O) groups is 2. The third-order valence-electron chi connectivity index (χ3n) is 3.86. The summed E-state index contributed by atoms with van der Waals surface area (Å²) in [5.41, 5.74) is 1.04. The standard InChI is InChI=1S/C16H22N2O3/c1-16(9-10-16)12-17-15(21)18(11-5-8-14(19)20)13-6-3-2-4-7-13/h2-4,6-7H,5,8-12H2,1H3,(H,17,21)(H,19,20). The summed E-state index contributed by atoms with van der Waals surface area (Å²) in [5.74, 6) is -0.839. The lowest BCUT2D eigenvalue weighted by Crippen LogP contribution is -2.42. The molecule has 1 fully saturated rings. The van der Waals surface area contributed by atoms with E-state index in [4.69, 9.17) is 5.11 Å². The van der Waals surface area contributed by atoms with Crippen molar-refractivity contribution in [2.45, 2.75) is 32.6 Å². The molecule has 1 saturated carbocycles. The highest BCUT2D eigenvalue weighted by atomic mass is 16.4. The molecule has 1 aliphatic carbocycles. The Morgan fingerprint density at radius 2 is 1.95 bits per heavy atom. The molecule has 5 nitrogen and oxygen atoms in total. The highest BCUT2D eigenvalue weighted by molar-refractivity contribution is 5.92. The summed E-state index contributed by atoms with van der Waals surface area (Å²) < 4.78 is 0. The van der Waals surface area contributed by atoms with Crippen molar-refractivity contribution in [3.63, 3.8) is 0 Å². The van der Waals surface area contributed by atoms with E-state index in [0.29, 0.717) is 19.5 Å². The molecule has 0 unspecified atom stereocenters. The molecule has 0 bridgehead atoms. The molecule has 2 rings (SSSR count). The van der Waals surface area contributed by atoms with Crippen molar-refractivity contribution < 1.29 is 14.7 Å². The van der Waals surface area contributed by atoms with E-state index in [-0.39, 0.29) is 17.9 Å². The van der Waals surface area contributed by atoms with Gasteiger partial charge in [-0.05, 0) is 36.8 Å². The molecule has 0 radical (unpaired) electrons. The number of aliphatic carboxylic acids is 1. The van der Waals surface area contributed by atoms with Gasteiger partial charge in [0.2, 0.25) is 0 Å². The molecule has 2 amide bonds. The van der Waals surface area contributed by atoms with Gasteiger partial charge in [-0.25, -0.2) is 4.79 Å². The number of benzene rings is 1. The van der Waals surface area contributed by atoms with Crippen LogP contribution < -0.4 is 10.2 Å². The Balaban J connectivity index is 1.96. The van der Waals surface area contributed by atoms with Gasteiger partial charge in [0.25, 0.3) is 0 Å². The largest absolute Gasteiger partial charge is 0.481 e. The van der Waals surface area contributed by atoms with Crippen LogP contribution in [-0.2, 0) is 4.79 Å². The molecule has 114 valence electrons. The first-order valence-electron chi connectivity index (χ1n) is 7.32. The normalized spacial score (nSPS) is 15.3. The highest BCUT2D eigenvalue weighted by Gasteiger charge is 2.37. The highest BCUT2D eigenvalue weighted by Crippen LogP contribution is 2.44. The number of carbonyl (C=O) groups excluding carboxylic acids is 1. The van der Waals surface area contributed by atoms with Gasteiger partial charge in [0.05, 0.1) is 0 Å². The summed E-state index contributed by atoms with van der Waals surface area (Å²) in [6.45, 7) is 3.23. The number of hydrogen-bond donors (Lipinski definition) is 2. The van der Waals surface area contributed by atoms with Crippen LogP contribution in [0.15, 0.2) is 30.3 Å². The fourth-order valence-electron chi connectivity index (χ4n) is 2.12. The zero-order chi connectivity index (χ0) is 15.3. The molecule has 1 aromatic rings. The summed E-state index contributed by atoms with van der Waals surface area (Å²) >= 11 is 0. The zero-order valence-corrected chi connectivity index (χ0v) is 12.3. The van der Waals surface area contributed by atoms with Crippen LogP contribution in [0.5, 0.6) is 0 Å². The van der Waals surface area contributed by atoms with E-state index in [1.54, 1.807) is 4.90 Å². The molecule has 0 saturated heterocycles. The lowest BCUT2D eigenvalue weighted by molar-refractivity contribution is -0.137. The van der Waals surface area contributed by atoms with E-state index in [2.05, 4.69) is 12.2 Å². The maximum Gasteiger partial charge on any atom is 0.321 e. The van der Waals surface area contributed by atoms with Crippen molar-refractivity contribution in [3.8, 4) is 0 Å². The molecule has 0 aliphatic heterocycles. The third-order valence-corrected chi connectivity index (χ3v) is 3.86. The van der Waals surface area contributed by atoms with Crippen LogP contribution in [0.25, 0.3) is 0 Å². The van der Waals surface area contributed by atoms with Crippen LogP contribution in [0.1, 0.15) is 32.6 Å². The Labute approximate surface area is 125 Å². The molecule has 1 aromatic carbocycles. The number of para-hydroxylation sites is 1. The van der Waals surface area contributed by atoms with Gasteiger partial charge in [0.1, 0.15) is 0 Å². The average Bonchev–Trinajstić information content (AvgIpc) is 3.20. The molecule has 2 N–H and O–H groups in total. The Kier molecular flexibility index (Phi) is 4.83. The Bertz CT molecular complexity index is 498. The van der Waals surface area contributed by atoms with Crippen LogP contribution in [-0.4, -0.2) is 30.2 Å². The number of amides is 2. The molecule has 0 heterocycles. The van der Waals surface area contributed by atoms with E-state index < -0.39 is 5.97 Å². The van der Waals surface area contributed by atoms with Gasteiger partial charge >= 0.3 is 12.0 Å². The van der Waals surface area contributed by atoms with E-state index >= 15 is 0 Å². The van der Waals surface area contributed by atoms with Gasteiger partial charge < -0.3 is 10.4 Å². The van der Waals surface area contributed by atoms with Gasteiger partial charge in [-0.2, -0.15) is 0 Å². The van der Waals surface area contributed by atoms with E-state index in [9.17, 15) is 9.59 Å². The molecule has 0 spiro atoms. The molecule has 0 aromatic heterocycles. The van der Waals surface area contributed by atoms with Gasteiger partial charge in [0, 0.05) is 25.2 Å². The van der Waals surface area contributed by atoms with Crippen LogP contribution in [0.2, 0.25) is 0 Å². The second-order valence-corrected chi connectivity index (χ2v) is 5.95. The molecule has 1 aliphatic rings. The zero-order valence-electron chi connectivity index (χ0n) is 12.3. The van der Waals surface area contributed by atoms with Crippen LogP contribution in [0.4, 0.5) is 10.5 Å². The maximum absolute atomic E-state index is 12.4. The van der Waals surface area contributed by atoms with Crippen molar-refractivity contribution in [2.24, 2.45) is 5.41 Å². The quantitative estimate of drug-likeness (QED) is 0.811. The van der Waals surface area contributed by atoms with Gasteiger partial charge in [0.15, 0.2) is 0 Å². The Hall–Kier alpha value is -2.04. The van der Waals surface area contributed by atoms with Crippen molar-refractivity contribution in [1.29, 1.82) is 0 Å². The molecule has 0 atom stereocenters. The number of nitrogens with zero attached hydrogens (tertiary/aromatic N) is 1. The van der Waals surface area contributed by atoms with Crippen molar-refractivity contribution in [1.82, 2.24) is 5.32 Å². The topological polar surface area (TPSA) is 69.6 Å². The molecular formula is C16H22N2O3.